The van der Waals surface area contributed by atoms with E-state index in [0.717, 1.165) is 57.2 Å². The molecule has 6 aromatic rings. The van der Waals surface area contributed by atoms with Crippen LogP contribution >= 0.6 is 0 Å². The Bertz CT molecular complexity index is 1820. The van der Waals surface area contributed by atoms with Crippen LogP contribution in [0.15, 0.2) is 67.3 Å². The smallest absolute Gasteiger partial charge is 0.224 e. The van der Waals surface area contributed by atoms with E-state index in [4.69, 9.17) is 4.98 Å². The number of amides is 1. The van der Waals surface area contributed by atoms with Crippen molar-refractivity contribution >= 4 is 33.5 Å². The van der Waals surface area contributed by atoms with Crippen LogP contribution in [0.4, 0.5) is 10.1 Å². The summed E-state index contributed by atoms with van der Waals surface area (Å²) in [6.45, 7) is 3.92. The first-order valence-electron chi connectivity index (χ1n) is 12.8. The number of fused-ring (bicyclic) bond motifs is 2. The predicted octanol–water partition coefficient (Wildman–Crippen LogP) is 6.81. The summed E-state index contributed by atoms with van der Waals surface area (Å²) < 4.78 is 14.2. The summed E-state index contributed by atoms with van der Waals surface area (Å²) in [5, 5.41) is 11.4. The van der Waals surface area contributed by atoms with Crippen molar-refractivity contribution in [1.82, 2.24) is 30.1 Å². The first kappa shape index (κ1) is 24.4. The highest BCUT2D eigenvalue weighted by atomic mass is 19.1. The van der Waals surface area contributed by atoms with Gasteiger partial charge >= 0.3 is 0 Å². The van der Waals surface area contributed by atoms with Gasteiger partial charge in [-0.3, -0.25) is 19.9 Å². The number of aromatic nitrogens is 6. The maximum Gasteiger partial charge on any atom is 0.224 e. The molecular formula is C30H26FN7O. The van der Waals surface area contributed by atoms with Gasteiger partial charge < -0.3 is 10.3 Å². The number of aryl methyl sites for hydroxylation is 1. The van der Waals surface area contributed by atoms with Crippen LogP contribution in [0.2, 0.25) is 0 Å². The average Bonchev–Trinajstić information content (AvgIpc) is 3.55. The van der Waals surface area contributed by atoms with Crippen LogP contribution in [0.3, 0.4) is 0 Å². The second kappa shape index (κ2) is 10.1. The van der Waals surface area contributed by atoms with Gasteiger partial charge in [0.2, 0.25) is 5.91 Å². The third kappa shape index (κ3) is 4.86. The Morgan fingerprint density at radius 2 is 1.85 bits per heavy atom. The van der Waals surface area contributed by atoms with Crippen LogP contribution in [0.1, 0.15) is 31.7 Å². The van der Waals surface area contributed by atoms with Crippen LogP contribution in [0.5, 0.6) is 0 Å². The largest absolute Gasteiger partial charge is 0.352 e. The molecule has 0 aliphatic rings. The van der Waals surface area contributed by atoms with Crippen molar-refractivity contribution in [2.45, 2.75) is 33.1 Å². The van der Waals surface area contributed by atoms with Gasteiger partial charge in [-0.25, -0.2) is 9.37 Å². The molecule has 5 aromatic heterocycles. The van der Waals surface area contributed by atoms with E-state index >= 15 is 0 Å². The fraction of sp³-hybridized carbons (Fsp3) is 0.167. The lowest BCUT2D eigenvalue weighted by Crippen LogP contribution is -2.11. The maximum absolute atomic E-state index is 14.2. The summed E-state index contributed by atoms with van der Waals surface area (Å²) in [6.07, 6.45) is 9.12. The van der Waals surface area contributed by atoms with Crippen LogP contribution < -0.4 is 5.32 Å². The number of aromatic amines is 2. The minimum atomic E-state index is -0.285. The van der Waals surface area contributed by atoms with Crippen LogP contribution in [-0.2, 0) is 4.79 Å². The molecule has 0 saturated heterocycles. The fourth-order valence-corrected chi connectivity index (χ4v) is 4.76. The minimum absolute atomic E-state index is 0.0302. The van der Waals surface area contributed by atoms with Crippen molar-refractivity contribution in [1.29, 1.82) is 0 Å². The van der Waals surface area contributed by atoms with Gasteiger partial charge in [0.05, 0.1) is 40.5 Å². The highest BCUT2D eigenvalue weighted by Crippen LogP contribution is 2.34. The van der Waals surface area contributed by atoms with Crippen LogP contribution in [-0.4, -0.2) is 36.0 Å². The zero-order chi connectivity index (χ0) is 26.9. The Labute approximate surface area is 223 Å². The van der Waals surface area contributed by atoms with Gasteiger partial charge in [0.15, 0.2) is 0 Å². The number of nitrogens with zero attached hydrogens (tertiary/aromatic N) is 4. The minimum Gasteiger partial charge on any atom is -0.352 e. The molecule has 0 radical (unpaired) electrons. The number of hydrogen-bond donors (Lipinski definition) is 3. The lowest BCUT2D eigenvalue weighted by molar-refractivity contribution is -0.116. The number of H-pyrrole nitrogens is 2. The molecule has 1 amide bonds. The second-order valence-corrected chi connectivity index (χ2v) is 9.63. The topological polar surface area (TPSA) is 112 Å². The number of rotatable bonds is 7. The summed E-state index contributed by atoms with van der Waals surface area (Å²) in [4.78, 5) is 29.2. The molecule has 0 saturated carbocycles. The Balaban J connectivity index is 1.38. The summed E-state index contributed by atoms with van der Waals surface area (Å²) >= 11 is 0. The standard InChI is InChI=1S/C30H26FN7O/c1-3-4-5-28(39)34-21-11-19(13-32-14-21)24-6-7-25-29(36-24)30(38-37-25)26-12-22-23(15-33-16-27(22)35-26)18-8-17(2)9-20(31)10-18/h6-16,35H,3-5H2,1-2H3,(H,34,39)(H,37,38). The summed E-state index contributed by atoms with van der Waals surface area (Å²) in [5.41, 5.74) is 8.24. The molecule has 0 fully saturated rings. The van der Waals surface area contributed by atoms with Crippen molar-refractivity contribution in [2.75, 3.05) is 5.32 Å². The van der Waals surface area contributed by atoms with E-state index in [0.29, 0.717) is 29.0 Å². The normalized spacial score (nSPS) is 11.4. The van der Waals surface area contributed by atoms with E-state index in [9.17, 15) is 9.18 Å². The summed E-state index contributed by atoms with van der Waals surface area (Å²) in [6, 6.07) is 12.6. The number of carbonyl (C=O) groups is 1. The average molecular weight is 520 g/mol. The molecule has 5 heterocycles. The van der Waals surface area contributed by atoms with E-state index in [1.807, 2.05) is 37.3 Å². The van der Waals surface area contributed by atoms with Crippen molar-refractivity contribution in [3.05, 3.63) is 78.6 Å². The number of unbranched alkanes of at least 4 members (excludes halogenated alkanes) is 1. The Hall–Kier alpha value is -4.92. The Morgan fingerprint density at radius 3 is 2.69 bits per heavy atom. The molecule has 8 nitrogen and oxygen atoms in total. The van der Waals surface area contributed by atoms with Gasteiger partial charge in [-0.2, -0.15) is 5.10 Å². The number of nitrogens with one attached hydrogen (secondary N) is 3. The molecule has 0 aliphatic heterocycles. The fourth-order valence-electron chi connectivity index (χ4n) is 4.76. The Morgan fingerprint density at radius 1 is 0.974 bits per heavy atom. The first-order valence-corrected chi connectivity index (χ1v) is 12.8. The number of anilines is 1. The SMILES string of the molecule is CCCCC(=O)Nc1cncc(-c2ccc3[nH]nc(-c4cc5c(-c6cc(C)cc(F)c6)cncc5[nH]4)c3n2)c1. The van der Waals surface area contributed by atoms with Crippen LogP contribution in [0, 0.1) is 12.7 Å². The number of carbonyl (C=O) groups excluding carboxylic acids is 1. The van der Waals surface area contributed by atoms with E-state index in [1.54, 1.807) is 24.8 Å². The molecule has 0 aliphatic carbocycles. The van der Waals surface area contributed by atoms with Gasteiger partial charge in [-0.15, -0.1) is 0 Å². The van der Waals surface area contributed by atoms with Crippen molar-refractivity contribution in [3.63, 3.8) is 0 Å². The maximum atomic E-state index is 14.2. The monoisotopic (exact) mass is 519 g/mol. The molecule has 0 bridgehead atoms. The van der Waals surface area contributed by atoms with Crippen molar-refractivity contribution in [2.24, 2.45) is 0 Å². The number of pyridine rings is 3. The van der Waals surface area contributed by atoms with Gasteiger partial charge in [-0.1, -0.05) is 19.4 Å². The molecular weight excluding hydrogens is 493 g/mol. The van der Waals surface area contributed by atoms with Crippen molar-refractivity contribution < 1.29 is 9.18 Å². The first-order chi connectivity index (χ1) is 19.0. The third-order valence-corrected chi connectivity index (χ3v) is 6.64. The number of hydrogen-bond acceptors (Lipinski definition) is 5. The molecule has 6 rings (SSSR count). The highest BCUT2D eigenvalue weighted by Gasteiger charge is 2.16. The number of benzene rings is 1. The van der Waals surface area contributed by atoms with E-state index < -0.39 is 0 Å². The van der Waals surface area contributed by atoms with Crippen LogP contribution in [0.25, 0.3) is 55.7 Å². The lowest BCUT2D eigenvalue weighted by atomic mass is 10.0. The van der Waals surface area contributed by atoms with Crippen molar-refractivity contribution in [3.8, 4) is 33.8 Å². The predicted molar refractivity (Wildman–Crippen MR) is 150 cm³/mol. The van der Waals surface area contributed by atoms with E-state index in [-0.39, 0.29) is 11.7 Å². The van der Waals surface area contributed by atoms with E-state index in [1.165, 1.54) is 12.1 Å². The summed E-state index contributed by atoms with van der Waals surface area (Å²) in [7, 11) is 0. The van der Waals surface area contributed by atoms with Gasteiger partial charge in [-0.05, 0) is 60.9 Å². The summed E-state index contributed by atoms with van der Waals surface area (Å²) in [5.74, 6) is -0.315. The number of halogens is 1. The zero-order valence-electron chi connectivity index (χ0n) is 21.5. The second-order valence-electron chi connectivity index (χ2n) is 9.63. The molecule has 39 heavy (non-hydrogen) atoms. The molecule has 1 aromatic carbocycles. The molecule has 0 unspecified atom stereocenters. The molecule has 0 atom stereocenters. The molecule has 194 valence electrons. The highest BCUT2D eigenvalue weighted by molar-refractivity contribution is 6.00. The molecule has 9 heteroatoms. The van der Waals surface area contributed by atoms with Gasteiger partial charge in [0.1, 0.15) is 17.0 Å². The molecule has 0 spiro atoms. The third-order valence-electron chi connectivity index (χ3n) is 6.64. The van der Waals surface area contributed by atoms with E-state index in [2.05, 4.69) is 37.4 Å². The molecule has 3 N–H and O–H groups in total. The van der Waals surface area contributed by atoms with Gasteiger partial charge in [0.25, 0.3) is 0 Å². The quantitative estimate of drug-likeness (QED) is 0.215. The zero-order valence-corrected chi connectivity index (χ0v) is 21.5. The Kier molecular flexibility index (Phi) is 6.32. The lowest BCUT2D eigenvalue weighted by Gasteiger charge is -2.07. The van der Waals surface area contributed by atoms with Gasteiger partial charge in [0, 0.05) is 35.3 Å².